The molecule has 1 aliphatic carbocycles. The van der Waals surface area contributed by atoms with Crippen molar-refractivity contribution >= 4 is 56.2 Å². The Morgan fingerprint density at radius 3 is 1.04 bits per heavy atom. The predicted octanol–water partition coefficient (Wildman–Crippen LogP) is 16.9. The highest BCUT2D eigenvalue weighted by molar-refractivity contribution is 5.90. The van der Waals surface area contributed by atoms with Crippen LogP contribution in [-0.4, -0.2) is 19.1 Å². The van der Waals surface area contributed by atoms with E-state index in [1.54, 1.807) is 0 Å². The summed E-state index contributed by atoms with van der Waals surface area (Å²) in [7, 11) is 0. The molecule has 0 aliphatic heterocycles. The molecular formula is C65H48N6. The highest BCUT2D eigenvalue weighted by Gasteiger charge is 2.37. The number of rotatable bonds is 10. The van der Waals surface area contributed by atoms with Crippen molar-refractivity contribution in [3.8, 4) is 45.3 Å². The third-order valence-corrected chi connectivity index (χ3v) is 14.1. The van der Waals surface area contributed by atoms with E-state index in [-0.39, 0.29) is 5.41 Å². The van der Waals surface area contributed by atoms with E-state index in [1.165, 1.54) is 22.3 Å². The SMILES string of the molecule is CC1(C)c2cc(N(c3ccccc3)c3ccc(-c4nc5ccccc5n4-c4ccccc4)cc3)ccc2-c2ccc(N(c3ccccc3)c3ccc(-c4nc5ccccc5n4-c4ccccc4)cc3)cc21. The lowest BCUT2D eigenvalue weighted by molar-refractivity contribution is 0.660. The van der Waals surface area contributed by atoms with Crippen LogP contribution in [0.25, 0.3) is 67.3 Å². The average molecular weight is 913 g/mol. The van der Waals surface area contributed by atoms with Crippen LogP contribution >= 0.6 is 0 Å². The van der Waals surface area contributed by atoms with Gasteiger partial charge in [-0.15, -0.1) is 0 Å². The first kappa shape index (κ1) is 41.9. The quantitative estimate of drug-likeness (QED) is 0.137. The molecule has 0 saturated heterocycles. The van der Waals surface area contributed by atoms with Crippen molar-refractivity contribution in [2.45, 2.75) is 19.3 Å². The van der Waals surface area contributed by atoms with Gasteiger partial charge < -0.3 is 9.80 Å². The van der Waals surface area contributed by atoms with Gasteiger partial charge in [0.15, 0.2) is 0 Å². The molecule has 6 nitrogen and oxygen atoms in total. The maximum absolute atomic E-state index is 5.15. The second-order valence-electron chi connectivity index (χ2n) is 18.7. The standard InChI is InChI=1S/C65H48N6/c1-65(2)57-43-53(68(47-19-7-3-8-20-47)51-35-31-45(32-36-51)63-66-59-27-15-17-29-61(59)70(63)49-23-11-5-12-24-49)39-41-55(57)56-42-40-54(44-58(56)65)69(48-21-9-4-10-22-48)52-37-33-46(34-38-52)64-67-60-28-16-18-30-62(60)71(64)50-25-13-6-14-26-50/h3-44H,1-2H3. The zero-order chi connectivity index (χ0) is 47.5. The summed E-state index contributed by atoms with van der Waals surface area (Å²) < 4.78 is 4.51. The molecule has 0 N–H and O–H groups in total. The lowest BCUT2D eigenvalue weighted by atomic mass is 9.82. The Bertz CT molecular complexity index is 3620. The molecule has 1 aliphatic rings. The summed E-state index contributed by atoms with van der Waals surface area (Å²) in [5.41, 5.74) is 19.7. The fourth-order valence-corrected chi connectivity index (χ4v) is 10.7. The number of nitrogens with zero attached hydrogens (tertiary/aromatic N) is 6. The van der Waals surface area contributed by atoms with Crippen molar-refractivity contribution < 1.29 is 0 Å². The lowest BCUT2D eigenvalue weighted by Gasteiger charge is -2.29. The highest BCUT2D eigenvalue weighted by Crippen LogP contribution is 2.52. The van der Waals surface area contributed by atoms with E-state index in [0.29, 0.717) is 0 Å². The summed E-state index contributed by atoms with van der Waals surface area (Å²) in [6.07, 6.45) is 0. The minimum atomic E-state index is -0.290. The topological polar surface area (TPSA) is 42.1 Å². The number of hydrogen-bond donors (Lipinski definition) is 0. The molecule has 0 bridgehead atoms. The lowest BCUT2D eigenvalue weighted by Crippen LogP contribution is -2.17. The summed E-state index contributed by atoms with van der Waals surface area (Å²) in [6.45, 7) is 4.73. The number of benzene rings is 10. The molecule has 0 amide bonds. The Hall–Kier alpha value is -9.26. The van der Waals surface area contributed by atoms with Gasteiger partial charge in [-0.05, 0) is 168 Å². The first-order chi connectivity index (χ1) is 35.0. The third-order valence-electron chi connectivity index (χ3n) is 14.1. The Morgan fingerprint density at radius 1 is 0.324 bits per heavy atom. The number of aromatic nitrogens is 4. The van der Waals surface area contributed by atoms with Crippen LogP contribution in [0.15, 0.2) is 255 Å². The summed E-state index contributed by atoms with van der Waals surface area (Å²) >= 11 is 0. The number of anilines is 6. The van der Waals surface area contributed by atoms with Gasteiger partial charge in [-0.2, -0.15) is 0 Å². The molecule has 0 radical (unpaired) electrons. The molecule has 0 saturated carbocycles. The molecule has 10 aromatic carbocycles. The first-order valence-corrected chi connectivity index (χ1v) is 24.2. The van der Waals surface area contributed by atoms with Crippen molar-refractivity contribution in [3.63, 3.8) is 0 Å². The van der Waals surface area contributed by atoms with Crippen molar-refractivity contribution in [2.75, 3.05) is 9.80 Å². The van der Waals surface area contributed by atoms with Crippen LogP contribution in [0.4, 0.5) is 34.1 Å². The summed E-state index contributed by atoms with van der Waals surface area (Å²) in [6, 6.07) is 90.7. The molecule has 338 valence electrons. The summed E-state index contributed by atoms with van der Waals surface area (Å²) in [5, 5.41) is 0. The van der Waals surface area contributed by atoms with Gasteiger partial charge in [-0.3, -0.25) is 9.13 Å². The molecule has 2 heterocycles. The van der Waals surface area contributed by atoms with E-state index in [2.05, 4.69) is 288 Å². The fraction of sp³-hybridized carbons (Fsp3) is 0.0462. The zero-order valence-electron chi connectivity index (χ0n) is 39.4. The highest BCUT2D eigenvalue weighted by atomic mass is 15.2. The van der Waals surface area contributed by atoms with Gasteiger partial charge in [0.1, 0.15) is 11.6 Å². The minimum absolute atomic E-state index is 0.290. The molecule has 6 heteroatoms. The molecule has 0 atom stereocenters. The number of fused-ring (bicyclic) bond motifs is 5. The molecule has 0 spiro atoms. The second kappa shape index (κ2) is 17.1. The molecule has 0 unspecified atom stereocenters. The van der Waals surface area contributed by atoms with E-state index in [4.69, 9.17) is 9.97 Å². The van der Waals surface area contributed by atoms with Crippen LogP contribution in [0.1, 0.15) is 25.0 Å². The summed E-state index contributed by atoms with van der Waals surface area (Å²) in [5.74, 6) is 1.82. The smallest absolute Gasteiger partial charge is 0.145 e. The van der Waals surface area contributed by atoms with E-state index in [0.717, 1.165) is 90.3 Å². The van der Waals surface area contributed by atoms with E-state index < -0.39 is 0 Å². The second-order valence-corrected chi connectivity index (χ2v) is 18.7. The Balaban J connectivity index is 0.858. The molecule has 13 rings (SSSR count). The largest absolute Gasteiger partial charge is 0.310 e. The van der Waals surface area contributed by atoms with Crippen LogP contribution in [0.3, 0.4) is 0 Å². The molecule has 12 aromatic rings. The Morgan fingerprint density at radius 2 is 0.648 bits per heavy atom. The van der Waals surface area contributed by atoms with Gasteiger partial charge in [0, 0.05) is 62.0 Å². The molecule has 2 aromatic heterocycles. The molecule has 71 heavy (non-hydrogen) atoms. The Labute approximate surface area is 413 Å². The predicted molar refractivity (Wildman–Crippen MR) is 294 cm³/mol. The van der Waals surface area contributed by atoms with Gasteiger partial charge in [0.05, 0.1) is 22.1 Å². The van der Waals surface area contributed by atoms with E-state index in [9.17, 15) is 0 Å². The van der Waals surface area contributed by atoms with E-state index in [1.807, 2.05) is 0 Å². The van der Waals surface area contributed by atoms with E-state index >= 15 is 0 Å². The third kappa shape index (κ3) is 7.19. The van der Waals surface area contributed by atoms with Gasteiger partial charge in [-0.1, -0.05) is 123 Å². The average Bonchev–Trinajstić information content (AvgIpc) is 4.09. The van der Waals surface area contributed by atoms with Gasteiger partial charge >= 0.3 is 0 Å². The number of hydrogen-bond acceptors (Lipinski definition) is 4. The van der Waals surface area contributed by atoms with Gasteiger partial charge in [-0.25, -0.2) is 9.97 Å². The van der Waals surface area contributed by atoms with Gasteiger partial charge in [0.2, 0.25) is 0 Å². The minimum Gasteiger partial charge on any atom is -0.310 e. The monoisotopic (exact) mass is 912 g/mol. The van der Waals surface area contributed by atoms with Gasteiger partial charge in [0.25, 0.3) is 0 Å². The van der Waals surface area contributed by atoms with Crippen molar-refractivity contribution in [3.05, 3.63) is 266 Å². The van der Waals surface area contributed by atoms with Crippen molar-refractivity contribution in [2.24, 2.45) is 0 Å². The Kier molecular flexibility index (Phi) is 10.1. The number of para-hydroxylation sites is 8. The van der Waals surface area contributed by atoms with Crippen molar-refractivity contribution in [1.29, 1.82) is 0 Å². The summed E-state index contributed by atoms with van der Waals surface area (Å²) in [4.78, 5) is 15.0. The van der Waals surface area contributed by atoms with Crippen LogP contribution < -0.4 is 9.80 Å². The number of imidazole rings is 2. The maximum atomic E-state index is 5.15. The van der Waals surface area contributed by atoms with Crippen LogP contribution in [0.2, 0.25) is 0 Å². The van der Waals surface area contributed by atoms with Crippen LogP contribution in [0, 0.1) is 0 Å². The maximum Gasteiger partial charge on any atom is 0.145 e. The van der Waals surface area contributed by atoms with Crippen LogP contribution in [-0.2, 0) is 5.41 Å². The zero-order valence-corrected chi connectivity index (χ0v) is 39.4. The first-order valence-electron chi connectivity index (χ1n) is 24.2. The normalized spacial score (nSPS) is 12.5. The van der Waals surface area contributed by atoms with Crippen molar-refractivity contribution in [1.82, 2.24) is 19.1 Å². The molecular weight excluding hydrogens is 865 g/mol. The fourth-order valence-electron chi connectivity index (χ4n) is 10.7. The molecule has 0 fully saturated rings. The van der Waals surface area contributed by atoms with Crippen LogP contribution in [0.5, 0.6) is 0 Å².